The van der Waals surface area contributed by atoms with Crippen molar-refractivity contribution in [3.05, 3.63) is 35.4 Å². The summed E-state index contributed by atoms with van der Waals surface area (Å²) in [5, 5.41) is 6.94. The van der Waals surface area contributed by atoms with Gasteiger partial charge in [0.15, 0.2) is 0 Å². The Morgan fingerprint density at radius 1 is 1.21 bits per heavy atom. The predicted octanol–water partition coefficient (Wildman–Crippen LogP) is 2.73. The summed E-state index contributed by atoms with van der Waals surface area (Å²) in [5.41, 5.74) is 3.10. The number of hydrogen-bond donors (Lipinski definition) is 2. The van der Waals surface area contributed by atoms with Crippen LogP contribution in [0.15, 0.2) is 24.3 Å². The fraction of sp³-hybridized carbons (Fsp3) is 0.647. The zero-order chi connectivity index (χ0) is 13.7. The Labute approximate surface area is 118 Å². The van der Waals surface area contributed by atoms with E-state index in [4.69, 9.17) is 0 Å². The Morgan fingerprint density at radius 2 is 1.89 bits per heavy atom. The molecular formula is C17H28N2. The van der Waals surface area contributed by atoms with Crippen molar-refractivity contribution in [3.63, 3.8) is 0 Å². The number of benzene rings is 1. The summed E-state index contributed by atoms with van der Waals surface area (Å²) in [6.45, 7) is 11.4. The maximum Gasteiger partial charge on any atom is 0.00433 e. The van der Waals surface area contributed by atoms with Crippen molar-refractivity contribution in [3.8, 4) is 0 Å². The van der Waals surface area contributed by atoms with Crippen LogP contribution in [-0.4, -0.2) is 26.2 Å². The maximum absolute atomic E-state index is 3.63. The molecule has 2 rings (SSSR count). The van der Waals surface area contributed by atoms with Gasteiger partial charge in [-0.1, -0.05) is 51.5 Å². The number of rotatable bonds is 7. The summed E-state index contributed by atoms with van der Waals surface area (Å²) in [6, 6.07) is 9.18. The lowest BCUT2D eigenvalue weighted by Gasteiger charge is -2.31. The maximum atomic E-state index is 3.63. The predicted molar refractivity (Wildman–Crippen MR) is 82.7 cm³/mol. The van der Waals surface area contributed by atoms with Crippen LogP contribution in [0.5, 0.6) is 0 Å². The molecule has 0 bridgehead atoms. The van der Waals surface area contributed by atoms with Crippen LogP contribution < -0.4 is 10.6 Å². The van der Waals surface area contributed by atoms with E-state index in [1.54, 1.807) is 0 Å². The molecule has 0 atom stereocenters. The highest BCUT2D eigenvalue weighted by molar-refractivity contribution is 5.28. The van der Waals surface area contributed by atoms with Gasteiger partial charge < -0.3 is 10.6 Å². The van der Waals surface area contributed by atoms with Crippen molar-refractivity contribution >= 4 is 0 Å². The summed E-state index contributed by atoms with van der Waals surface area (Å²) in [6.07, 6.45) is 2.41. The molecule has 0 spiro atoms. The second-order valence-corrected chi connectivity index (χ2v) is 6.49. The molecule has 0 unspecified atom stereocenters. The lowest BCUT2D eigenvalue weighted by Crippen LogP contribution is -2.48. The van der Waals surface area contributed by atoms with E-state index in [1.807, 2.05) is 0 Å². The van der Waals surface area contributed by atoms with E-state index in [2.05, 4.69) is 55.7 Å². The van der Waals surface area contributed by atoms with Gasteiger partial charge in [0.25, 0.3) is 0 Å². The Hall–Kier alpha value is -0.860. The van der Waals surface area contributed by atoms with Gasteiger partial charge in [-0.2, -0.15) is 0 Å². The van der Waals surface area contributed by atoms with Crippen LogP contribution in [-0.2, 0) is 11.8 Å². The van der Waals surface area contributed by atoms with Crippen molar-refractivity contribution in [2.24, 2.45) is 5.92 Å². The number of aryl methyl sites for hydroxylation is 1. The average molecular weight is 260 g/mol. The first-order chi connectivity index (χ1) is 9.12. The fourth-order valence-corrected chi connectivity index (χ4v) is 2.59. The van der Waals surface area contributed by atoms with Gasteiger partial charge in [0.05, 0.1) is 0 Å². The Kier molecular flexibility index (Phi) is 5.00. The van der Waals surface area contributed by atoms with E-state index >= 15 is 0 Å². The summed E-state index contributed by atoms with van der Waals surface area (Å²) in [7, 11) is 0. The molecule has 1 aliphatic rings. The minimum atomic E-state index is 0.210. The van der Waals surface area contributed by atoms with Crippen LogP contribution in [0, 0.1) is 5.92 Å². The van der Waals surface area contributed by atoms with Gasteiger partial charge in [0.1, 0.15) is 0 Å². The molecule has 1 fully saturated rings. The molecule has 1 saturated heterocycles. The Balaban J connectivity index is 1.85. The summed E-state index contributed by atoms with van der Waals surface area (Å²) >= 11 is 0. The number of hydrogen-bond acceptors (Lipinski definition) is 2. The van der Waals surface area contributed by atoms with E-state index in [0.29, 0.717) is 0 Å². The highest BCUT2D eigenvalue weighted by atomic mass is 15.0. The van der Waals surface area contributed by atoms with Gasteiger partial charge in [0, 0.05) is 31.6 Å². The zero-order valence-corrected chi connectivity index (χ0v) is 12.6. The topological polar surface area (TPSA) is 24.1 Å². The van der Waals surface area contributed by atoms with E-state index < -0.39 is 0 Å². The van der Waals surface area contributed by atoms with Crippen LogP contribution in [0.1, 0.15) is 38.3 Å². The third kappa shape index (κ3) is 4.05. The Bertz CT molecular complexity index is 377. The van der Waals surface area contributed by atoms with Crippen molar-refractivity contribution in [2.45, 2.75) is 39.0 Å². The van der Waals surface area contributed by atoms with Crippen LogP contribution in [0.3, 0.4) is 0 Å². The van der Waals surface area contributed by atoms with Gasteiger partial charge in [-0.05, 0) is 23.5 Å². The molecule has 0 amide bonds. The van der Waals surface area contributed by atoms with E-state index in [0.717, 1.165) is 19.0 Å². The number of nitrogens with one attached hydrogen (secondary N) is 2. The standard InChI is InChI=1S/C17H28N2/c1-4-5-14-6-8-16(9-7-14)17(2,3)13-19-12-15-10-18-11-15/h6-9,15,18-19H,4-5,10-13H2,1-3H3. The van der Waals surface area contributed by atoms with Crippen LogP contribution >= 0.6 is 0 Å². The molecule has 19 heavy (non-hydrogen) atoms. The first-order valence-corrected chi connectivity index (χ1v) is 7.62. The monoisotopic (exact) mass is 260 g/mol. The smallest absolute Gasteiger partial charge is 0.00433 e. The normalized spacial score (nSPS) is 16.4. The first-order valence-electron chi connectivity index (χ1n) is 7.62. The van der Waals surface area contributed by atoms with E-state index in [1.165, 1.54) is 37.1 Å². The van der Waals surface area contributed by atoms with Gasteiger partial charge in [-0.15, -0.1) is 0 Å². The van der Waals surface area contributed by atoms with E-state index in [-0.39, 0.29) is 5.41 Å². The van der Waals surface area contributed by atoms with Crippen LogP contribution in [0.4, 0.5) is 0 Å². The molecule has 0 radical (unpaired) electrons. The third-order valence-electron chi connectivity index (χ3n) is 4.14. The lowest BCUT2D eigenvalue weighted by atomic mass is 9.84. The summed E-state index contributed by atoms with van der Waals surface area (Å²) in [5.74, 6) is 0.836. The molecular weight excluding hydrogens is 232 g/mol. The molecule has 0 aliphatic carbocycles. The van der Waals surface area contributed by atoms with Gasteiger partial charge >= 0.3 is 0 Å². The molecule has 0 saturated carbocycles. The molecule has 2 nitrogen and oxygen atoms in total. The molecule has 1 aromatic carbocycles. The van der Waals surface area contributed by atoms with Crippen molar-refractivity contribution < 1.29 is 0 Å². The van der Waals surface area contributed by atoms with E-state index in [9.17, 15) is 0 Å². The van der Waals surface area contributed by atoms with Crippen molar-refractivity contribution in [1.29, 1.82) is 0 Å². The minimum Gasteiger partial charge on any atom is -0.316 e. The van der Waals surface area contributed by atoms with Crippen LogP contribution in [0.25, 0.3) is 0 Å². The highest BCUT2D eigenvalue weighted by Crippen LogP contribution is 2.23. The first kappa shape index (κ1) is 14.5. The molecule has 1 heterocycles. The highest BCUT2D eigenvalue weighted by Gasteiger charge is 2.22. The molecule has 2 heteroatoms. The Morgan fingerprint density at radius 3 is 2.42 bits per heavy atom. The molecule has 1 aromatic rings. The second kappa shape index (κ2) is 6.53. The lowest BCUT2D eigenvalue weighted by molar-refractivity contribution is 0.319. The minimum absolute atomic E-state index is 0.210. The second-order valence-electron chi connectivity index (χ2n) is 6.49. The summed E-state index contributed by atoms with van der Waals surface area (Å²) in [4.78, 5) is 0. The van der Waals surface area contributed by atoms with Crippen molar-refractivity contribution in [2.75, 3.05) is 26.2 Å². The zero-order valence-electron chi connectivity index (χ0n) is 12.6. The van der Waals surface area contributed by atoms with Gasteiger partial charge in [0.2, 0.25) is 0 Å². The molecule has 106 valence electrons. The molecule has 0 aromatic heterocycles. The SMILES string of the molecule is CCCc1ccc(C(C)(C)CNCC2CNC2)cc1. The molecule has 2 N–H and O–H groups in total. The average Bonchev–Trinajstić information content (AvgIpc) is 2.33. The van der Waals surface area contributed by atoms with Crippen molar-refractivity contribution in [1.82, 2.24) is 10.6 Å². The van der Waals surface area contributed by atoms with Gasteiger partial charge in [-0.25, -0.2) is 0 Å². The van der Waals surface area contributed by atoms with Crippen LogP contribution in [0.2, 0.25) is 0 Å². The fourth-order valence-electron chi connectivity index (χ4n) is 2.59. The summed E-state index contributed by atoms with van der Waals surface area (Å²) < 4.78 is 0. The van der Waals surface area contributed by atoms with Gasteiger partial charge in [-0.3, -0.25) is 0 Å². The largest absolute Gasteiger partial charge is 0.316 e. The quantitative estimate of drug-likeness (QED) is 0.788. The third-order valence-corrected chi connectivity index (χ3v) is 4.14. The molecule has 1 aliphatic heterocycles.